The van der Waals surface area contributed by atoms with E-state index in [4.69, 9.17) is 4.74 Å². The first-order valence-corrected chi connectivity index (χ1v) is 10.1. The van der Waals surface area contributed by atoms with E-state index in [0.717, 1.165) is 11.1 Å². The second kappa shape index (κ2) is 8.63. The number of hydrogen-bond donors (Lipinski definition) is 1. The average Bonchev–Trinajstić information content (AvgIpc) is 2.93. The molecule has 0 unspecified atom stereocenters. The maximum atomic E-state index is 13.3. The molecule has 3 rings (SSSR count). The van der Waals surface area contributed by atoms with Gasteiger partial charge in [-0.15, -0.1) is 11.8 Å². The van der Waals surface area contributed by atoms with E-state index in [1.165, 1.54) is 16.7 Å². The first kappa shape index (κ1) is 20.2. The van der Waals surface area contributed by atoms with Gasteiger partial charge in [0.05, 0.1) is 29.4 Å². The molecule has 1 aliphatic rings. The van der Waals surface area contributed by atoms with Crippen LogP contribution in [0.25, 0.3) is 5.57 Å². The van der Waals surface area contributed by atoms with Gasteiger partial charge in [-0.05, 0) is 55.7 Å². The summed E-state index contributed by atoms with van der Waals surface area (Å²) in [5.41, 5.74) is 3.53. The van der Waals surface area contributed by atoms with Crippen LogP contribution in [-0.2, 0) is 9.59 Å². The van der Waals surface area contributed by atoms with Gasteiger partial charge >= 0.3 is 0 Å². The number of benzene rings is 2. The molecule has 1 N–H and O–H groups in total. The van der Waals surface area contributed by atoms with Crippen molar-refractivity contribution in [2.45, 2.75) is 20.8 Å². The van der Waals surface area contributed by atoms with Crippen LogP contribution < -0.4 is 9.64 Å². The summed E-state index contributed by atoms with van der Waals surface area (Å²) in [6.45, 7) is 6.24. The standard InChI is InChI=1S/C22H23NO4S/c1-4-27-17-10-8-16(9-11-17)19-20(28-13-12-24)22(26)23(21(19)25)18-7-5-6-14(2)15(18)3/h5-11,24H,4,12-13H2,1-3H3. The molecule has 2 aromatic carbocycles. The molecule has 0 bridgehead atoms. The highest BCUT2D eigenvalue weighted by Crippen LogP contribution is 2.39. The fourth-order valence-electron chi connectivity index (χ4n) is 3.13. The number of rotatable bonds is 7. The summed E-state index contributed by atoms with van der Waals surface area (Å²) in [5.74, 6) is 0.360. The van der Waals surface area contributed by atoms with Crippen LogP contribution in [0.15, 0.2) is 47.4 Å². The van der Waals surface area contributed by atoms with Crippen molar-refractivity contribution in [1.82, 2.24) is 0 Å². The highest BCUT2D eigenvalue weighted by atomic mass is 32.2. The lowest BCUT2D eigenvalue weighted by Gasteiger charge is -2.19. The molecule has 0 atom stereocenters. The summed E-state index contributed by atoms with van der Waals surface area (Å²) in [6, 6.07) is 12.7. The minimum Gasteiger partial charge on any atom is -0.494 e. The number of ether oxygens (including phenoxy) is 1. The van der Waals surface area contributed by atoms with Crippen molar-refractivity contribution in [3.63, 3.8) is 0 Å². The van der Waals surface area contributed by atoms with Crippen molar-refractivity contribution in [3.8, 4) is 5.75 Å². The fraction of sp³-hybridized carbons (Fsp3) is 0.273. The normalized spacial score (nSPS) is 14.2. The monoisotopic (exact) mass is 397 g/mol. The Kier molecular flexibility index (Phi) is 6.21. The van der Waals surface area contributed by atoms with Gasteiger partial charge in [0.15, 0.2) is 0 Å². The van der Waals surface area contributed by atoms with Gasteiger partial charge in [-0.1, -0.05) is 24.3 Å². The van der Waals surface area contributed by atoms with Gasteiger partial charge in [0.1, 0.15) is 5.75 Å². The van der Waals surface area contributed by atoms with Crippen molar-refractivity contribution in [2.75, 3.05) is 23.9 Å². The van der Waals surface area contributed by atoms with E-state index in [9.17, 15) is 14.7 Å². The maximum Gasteiger partial charge on any atom is 0.272 e. The zero-order chi connectivity index (χ0) is 20.3. The van der Waals surface area contributed by atoms with E-state index in [1.807, 2.05) is 32.9 Å². The minimum atomic E-state index is -0.346. The average molecular weight is 397 g/mol. The highest BCUT2D eigenvalue weighted by Gasteiger charge is 2.40. The molecule has 0 spiro atoms. The van der Waals surface area contributed by atoms with E-state index >= 15 is 0 Å². The van der Waals surface area contributed by atoms with Crippen molar-refractivity contribution >= 4 is 34.8 Å². The Hall–Kier alpha value is -2.57. The molecule has 1 aliphatic heterocycles. The van der Waals surface area contributed by atoms with Crippen LogP contribution in [0.1, 0.15) is 23.6 Å². The van der Waals surface area contributed by atoms with E-state index in [-0.39, 0.29) is 18.4 Å². The van der Waals surface area contributed by atoms with Gasteiger partial charge in [0, 0.05) is 5.75 Å². The predicted octanol–water partition coefficient (Wildman–Crippen LogP) is 3.71. The second-order valence-electron chi connectivity index (χ2n) is 6.40. The zero-order valence-corrected chi connectivity index (χ0v) is 17.0. The third kappa shape index (κ3) is 3.70. The van der Waals surface area contributed by atoms with Gasteiger partial charge in [-0.3, -0.25) is 9.59 Å². The van der Waals surface area contributed by atoms with Gasteiger partial charge in [-0.2, -0.15) is 0 Å². The molecule has 2 aromatic rings. The lowest BCUT2D eigenvalue weighted by Crippen LogP contribution is -2.32. The molecule has 0 fully saturated rings. The molecule has 0 aliphatic carbocycles. The molecule has 146 valence electrons. The number of aliphatic hydroxyl groups excluding tert-OH is 1. The number of hydrogen-bond acceptors (Lipinski definition) is 5. The largest absolute Gasteiger partial charge is 0.494 e. The number of anilines is 1. The third-order valence-electron chi connectivity index (χ3n) is 4.65. The number of aryl methyl sites for hydroxylation is 1. The molecular formula is C22H23NO4S. The van der Waals surface area contributed by atoms with Gasteiger partial charge in [0.25, 0.3) is 11.8 Å². The van der Waals surface area contributed by atoms with Crippen LogP contribution in [0.2, 0.25) is 0 Å². The van der Waals surface area contributed by atoms with E-state index in [2.05, 4.69) is 0 Å². The quantitative estimate of drug-likeness (QED) is 0.722. The van der Waals surface area contributed by atoms with Crippen LogP contribution in [-0.4, -0.2) is 35.9 Å². The number of thioether (sulfide) groups is 1. The fourth-order valence-corrected chi connectivity index (χ4v) is 3.99. The Labute approximate surface area is 169 Å². The van der Waals surface area contributed by atoms with E-state index < -0.39 is 0 Å². The summed E-state index contributed by atoms with van der Waals surface area (Å²) < 4.78 is 5.47. The van der Waals surface area contributed by atoms with Gasteiger partial charge in [0.2, 0.25) is 0 Å². The summed E-state index contributed by atoms with van der Waals surface area (Å²) in [5, 5.41) is 9.22. The van der Waals surface area contributed by atoms with Crippen molar-refractivity contribution in [3.05, 3.63) is 64.1 Å². The van der Waals surface area contributed by atoms with E-state index in [0.29, 0.717) is 39.8 Å². The third-order valence-corrected chi connectivity index (χ3v) is 5.70. The molecule has 1 heterocycles. The molecule has 5 nitrogen and oxygen atoms in total. The smallest absolute Gasteiger partial charge is 0.272 e. The second-order valence-corrected chi connectivity index (χ2v) is 7.50. The predicted molar refractivity (Wildman–Crippen MR) is 112 cm³/mol. The number of carbonyl (C=O) groups is 2. The topological polar surface area (TPSA) is 66.8 Å². The van der Waals surface area contributed by atoms with Crippen LogP contribution in [0.4, 0.5) is 5.69 Å². The minimum absolute atomic E-state index is 0.0737. The molecule has 0 saturated carbocycles. The number of imide groups is 1. The first-order valence-electron chi connectivity index (χ1n) is 9.15. The molecule has 2 amide bonds. The molecule has 28 heavy (non-hydrogen) atoms. The van der Waals surface area contributed by atoms with Crippen LogP contribution in [0.3, 0.4) is 0 Å². The van der Waals surface area contributed by atoms with Crippen molar-refractivity contribution in [2.24, 2.45) is 0 Å². The number of amides is 2. The summed E-state index contributed by atoms with van der Waals surface area (Å²) >= 11 is 1.21. The first-order chi connectivity index (χ1) is 13.5. The van der Waals surface area contributed by atoms with Crippen molar-refractivity contribution in [1.29, 1.82) is 0 Å². The Bertz CT molecular complexity index is 934. The molecule has 0 radical (unpaired) electrons. The lowest BCUT2D eigenvalue weighted by molar-refractivity contribution is -0.119. The number of carbonyl (C=O) groups excluding carboxylic acids is 2. The zero-order valence-electron chi connectivity index (χ0n) is 16.2. The molecule has 0 aromatic heterocycles. The summed E-state index contributed by atoms with van der Waals surface area (Å²) in [7, 11) is 0. The summed E-state index contributed by atoms with van der Waals surface area (Å²) in [4.78, 5) is 28.1. The van der Waals surface area contributed by atoms with Crippen molar-refractivity contribution < 1.29 is 19.4 Å². The number of nitrogens with zero attached hydrogens (tertiary/aromatic N) is 1. The maximum absolute atomic E-state index is 13.3. The van der Waals surface area contributed by atoms with Crippen LogP contribution in [0, 0.1) is 13.8 Å². The lowest BCUT2D eigenvalue weighted by atomic mass is 10.1. The highest BCUT2D eigenvalue weighted by molar-refractivity contribution is 8.04. The van der Waals surface area contributed by atoms with Gasteiger partial charge < -0.3 is 9.84 Å². The van der Waals surface area contributed by atoms with E-state index in [1.54, 1.807) is 30.3 Å². The Morgan fingerprint density at radius 1 is 1.04 bits per heavy atom. The Balaban J connectivity index is 2.06. The Morgan fingerprint density at radius 2 is 1.75 bits per heavy atom. The Morgan fingerprint density at radius 3 is 2.39 bits per heavy atom. The van der Waals surface area contributed by atoms with Gasteiger partial charge in [-0.25, -0.2) is 4.90 Å². The SMILES string of the molecule is CCOc1ccc(C2=C(SCCO)C(=O)N(c3cccc(C)c3C)C2=O)cc1. The molecular weight excluding hydrogens is 374 g/mol. The van der Waals surface area contributed by atoms with Crippen LogP contribution >= 0.6 is 11.8 Å². The number of aliphatic hydroxyl groups is 1. The molecule has 6 heteroatoms. The summed E-state index contributed by atoms with van der Waals surface area (Å²) in [6.07, 6.45) is 0. The molecule has 0 saturated heterocycles. The van der Waals surface area contributed by atoms with Crippen LogP contribution in [0.5, 0.6) is 5.75 Å².